The van der Waals surface area contributed by atoms with Crippen LogP contribution >= 0.6 is 11.6 Å². The van der Waals surface area contributed by atoms with Gasteiger partial charge in [-0.15, -0.1) is 10.2 Å². The van der Waals surface area contributed by atoms with Crippen LogP contribution in [0.15, 0.2) is 17.1 Å². The fraction of sp³-hybridized carbons (Fsp3) is 0.385. The molecule has 8 nitrogen and oxygen atoms in total. The van der Waals surface area contributed by atoms with E-state index in [1.165, 1.54) is 9.47 Å². The van der Waals surface area contributed by atoms with Crippen molar-refractivity contribution < 1.29 is 9.90 Å². The van der Waals surface area contributed by atoms with Crippen LogP contribution in [-0.4, -0.2) is 50.0 Å². The minimum Gasteiger partial charge on any atom is -0.465 e. The van der Waals surface area contributed by atoms with Crippen molar-refractivity contribution in [3.8, 4) is 0 Å². The Balaban J connectivity index is 1.98. The third kappa shape index (κ3) is 2.45. The van der Waals surface area contributed by atoms with E-state index in [1.807, 2.05) is 0 Å². The summed E-state index contributed by atoms with van der Waals surface area (Å²) in [6, 6.07) is 1.59. The van der Waals surface area contributed by atoms with Crippen molar-refractivity contribution in [3.63, 3.8) is 0 Å². The van der Waals surface area contributed by atoms with E-state index in [0.29, 0.717) is 36.1 Å². The van der Waals surface area contributed by atoms with E-state index in [1.54, 1.807) is 19.3 Å². The lowest BCUT2D eigenvalue weighted by Crippen LogP contribution is -2.30. The highest BCUT2D eigenvalue weighted by atomic mass is 35.5. The number of hydrogen-bond acceptors (Lipinski definition) is 5. The average Bonchev–Trinajstić information content (AvgIpc) is 2.94. The SMILES string of the molecule is Cn1ccc2c(Cl)nnc(NC3CCN(C(=O)O)C3)c2c1=O. The van der Waals surface area contributed by atoms with Crippen molar-refractivity contribution in [1.29, 1.82) is 0 Å². The zero-order valence-electron chi connectivity index (χ0n) is 11.8. The van der Waals surface area contributed by atoms with Gasteiger partial charge < -0.3 is 19.9 Å². The van der Waals surface area contributed by atoms with E-state index in [4.69, 9.17) is 16.7 Å². The number of anilines is 1. The van der Waals surface area contributed by atoms with Crippen molar-refractivity contribution in [2.45, 2.75) is 12.5 Å². The first-order chi connectivity index (χ1) is 10.5. The summed E-state index contributed by atoms with van der Waals surface area (Å²) >= 11 is 6.00. The summed E-state index contributed by atoms with van der Waals surface area (Å²) in [5, 5.41) is 21.0. The summed E-state index contributed by atoms with van der Waals surface area (Å²) in [6.07, 6.45) is 1.31. The predicted octanol–water partition coefficient (Wildman–Crippen LogP) is 1.15. The number of likely N-dealkylation sites (tertiary alicyclic amines) is 1. The first kappa shape index (κ1) is 14.6. The Labute approximate surface area is 130 Å². The number of nitrogens with zero attached hydrogens (tertiary/aromatic N) is 4. The minimum atomic E-state index is -0.952. The second-order valence-electron chi connectivity index (χ2n) is 5.22. The van der Waals surface area contributed by atoms with Gasteiger partial charge in [-0.3, -0.25) is 4.79 Å². The number of nitrogens with one attached hydrogen (secondary N) is 1. The lowest BCUT2D eigenvalue weighted by Gasteiger charge is -2.15. The molecule has 1 amide bonds. The smallest absolute Gasteiger partial charge is 0.407 e. The van der Waals surface area contributed by atoms with E-state index in [9.17, 15) is 9.59 Å². The highest BCUT2D eigenvalue weighted by Crippen LogP contribution is 2.24. The van der Waals surface area contributed by atoms with Gasteiger partial charge in [0.05, 0.1) is 5.39 Å². The van der Waals surface area contributed by atoms with E-state index in [-0.39, 0.29) is 16.8 Å². The van der Waals surface area contributed by atoms with Crippen molar-refractivity contribution in [2.75, 3.05) is 18.4 Å². The van der Waals surface area contributed by atoms with Gasteiger partial charge in [-0.05, 0) is 12.5 Å². The molecule has 0 bridgehead atoms. The van der Waals surface area contributed by atoms with Crippen LogP contribution in [0.4, 0.5) is 10.6 Å². The quantitative estimate of drug-likeness (QED) is 0.859. The molecule has 1 fully saturated rings. The second-order valence-corrected chi connectivity index (χ2v) is 5.58. The van der Waals surface area contributed by atoms with E-state index in [0.717, 1.165) is 0 Å². The molecule has 3 rings (SSSR count). The summed E-state index contributed by atoms with van der Waals surface area (Å²) in [7, 11) is 1.64. The van der Waals surface area contributed by atoms with Crippen LogP contribution in [0.3, 0.4) is 0 Å². The molecule has 2 aromatic heterocycles. The Kier molecular flexibility index (Phi) is 3.61. The number of aromatic nitrogens is 3. The zero-order valence-corrected chi connectivity index (χ0v) is 12.5. The van der Waals surface area contributed by atoms with Gasteiger partial charge in [0, 0.05) is 37.8 Å². The van der Waals surface area contributed by atoms with Crippen LogP contribution in [0.2, 0.25) is 5.15 Å². The minimum absolute atomic E-state index is 0.111. The highest BCUT2D eigenvalue weighted by Gasteiger charge is 2.27. The van der Waals surface area contributed by atoms with Crippen molar-refractivity contribution in [2.24, 2.45) is 7.05 Å². The average molecular weight is 324 g/mol. The maximum atomic E-state index is 12.3. The number of aryl methyl sites for hydroxylation is 1. The summed E-state index contributed by atoms with van der Waals surface area (Å²) < 4.78 is 1.43. The van der Waals surface area contributed by atoms with Crippen LogP contribution in [-0.2, 0) is 7.05 Å². The standard InChI is InChI=1S/C13H14ClN5O3/c1-18-4-3-8-9(12(18)20)11(17-16-10(8)14)15-7-2-5-19(6-7)13(21)22/h3-4,7H,2,5-6H2,1H3,(H,15,17)(H,21,22). The lowest BCUT2D eigenvalue weighted by molar-refractivity contribution is 0.155. The largest absolute Gasteiger partial charge is 0.465 e. The van der Waals surface area contributed by atoms with Crippen LogP contribution in [0.5, 0.6) is 0 Å². The maximum Gasteiger partial charge on any atom is 0.407 e. The number of fused-ring (bicyclic) bond motifs is 1. The van der Waals surface area contributed by atoms with Crippen LogP contribution in [0, 0.1) is 0 Å². The molecule has 0 aliphatic carbocycles. The Morgan fingerprint density at radius 3 is 2.95 bits per heavy atom. The third-order valence-electron chi connectivity index (χ3n) is 3.76. The van der Waals surface area contributed by atoms with E-state index >= 15 is 0 Å². The molecule has 3 heterocycles. The molecule has 116 valence electrons. The molecule has 2 N–H and O–H groups in total. The van der Waals surface area contributed by atoms with Crippen LogP contribution in [0.1, 0.15) is 6.42 Å². The molecule has 0 aromatic carbocycles. The van der Waals surface area contributed by atoms with Crippen molar-refractivity contribution in [3.05, 3.63) is 27.8 Å². The van der Waals surface area contributed by atoms with E-state index < -0.39 is 6.09 Å². The highest BCUT2D eigenvalue weighted by molar-refractivity contribution is 6.34. The number of amides is 1. The molecule has 1 aliphatic rings. The van der Waals surface area contributed by atoms with Gasteiger partial charge in [-0.25, -0.2) is 4.79 Å². The van der Waals surface area contributed by atoms with Crippen LogP contribution in [0.25, 0.3) is 10.8 Å². The molecule has 1 aliphatic heterocycles. The fourth-order valence-corrected chi connectivity index (χ4v) is 2.77. The monoisotopic (exact) mass is 323 g/mol. The van der Waals surface area contributed by atoms with E-state index in [2.05, 4.69) is 15.5 Å². The number of pyridine rings is 1. The summed E-state index contributed by atoms with van der Waals surface area (Å²) in [5.74, 6) is 0.331. The molecule has 0 spiro atoms. The molecule has 2 aromatic rings. The number of halogens is 1. The van der Waals surface area contributed by atoms with Gasteiger partial charge in [-0.1, -0.05) is 11.6 Å². The first-order valence-electron chi connectivity index (χ1n) is 6.73. The normalized spacial score (nSPS) is 17.9. The number of rotatable bonds is 2. The van der Waals surface area contributed by atoms with Crippen molar-refractivity contribution in [1.82, 2.24) is 19.7 Å². The van der Waals surface area contributed by atoms with Gasteiger partial charge in [0.2, 0.25) is 0 Å². The van der Waals surface area contributed by atoms with Gasteiger partial charge >= 0.3 is 6.09 Å². The Morgan fingerprint density at radius 1 is 1.50 bits per heavy atom. The molecule has 1 atom stereocenters. The maximum absolute atomic E-state index is 12.3. The lowest BCUT2D eigenvalue weighted by atomic mass is 10.2. The van der Waals surface area contributed by atoms with Crippen LogP contribution < -0.4 is 10.9 Å². The van der Waals surface area contributed by atoms with Gasteiger partial charge in [-0.2, -0.15) is 0 Å². The predicted molar refractivity (Wildman–Crippen MR) is 81.4 cm³/mol. The van der Waals surface area contributed by atoms with Gasteiger partial charge in [0.25, 0.3) is 5.56 Å². The first-order valence-corrected chi connectivity index (χ1v) is 7.11. The van der Waals surface area contributed by atoms with Gasteiger partial charge in [0.1, 0.15) is 0 Å². The molecule has 0 saturated carbocycles. The zero-order chi connectivity index (χ0) is 15.9. The molecule has 0 radical (unpaired) electrons. The Bertz CT molecular complexity index is 806. The number of carbonyl (C=O) groups is 1. The summed E-state index contributed by atoms with van der Waals surface area (Å²) in [4.78, 5) is 24.6. The molecular weight excluding hydrogens is 310 g/mol. The Morgan fingerprint density at radius 2 is 2.27 bits per heavy atom. The number of carboxylic acid groups (broad SMARTS) is 1. The summed E-state index contributed by atoms with van der Waals surface area (Å²) in [5.41, 5.74) is -0.232. The molecule has 1 unspecified atom stereocenters. The van der Waals surface area contributed by atoms with Gasteiger partial charge in [0.15, 0.2) is 11.0 Å². The topological polar surface area (TPSA) is 100 Å². The fourth-order valence-electron chi connectivity index (χ4n) is 2.57. The molecule has 9 heteroatoms. The molecular formula is C13H14ClN5O3. The summed E-state index contributed by atoms with van der Waals surface area (Å²) in [6.45, 7) is 0.790. The van der Waals surface area contributed by atoms with Crippen molar-refractivity contribution >= 4 is 34.3 Å². The molecule has 22 heavy (non-hydrogen) atoms. The number of hydrogen-bond donors (Lipinski definition) is 2. The molecule has 1 saturated heterocycles. The Hall–Kier alpha value is -2.35. The second kappa shape index (κ2) is 5.45. The third-order valence-corrected chi connectivity index (χ3v) is 4.04.